The van der Waals surface area contributed by atoms with Gasteiger partial charge < -0.3 is 10.1 Å². The number of hydrogen-bond donors (Lipinski definition) is 0. The van der Waals surface area contributed by atoms with Gasteiger partial charge in [0.05, 0.1) is 12.5 Å². The minimum Gasteiger partial charge on any atom is -0.358 e. The molecule has 0 aromatic carbocycles. The zero-order chi connectivity index (χ0) is 10.1. The van der Waals surface area contributed by atoms with Gasteiger partial charge in [-0.2, -0.15) is 14.6 Å². The fraction of sp³-hybridized carbons (Fsp3) is 0.143. The Morgan fingerprint density at radius 2 is 2.57 bits per heavy atom. The highest BCUT2D eigenvalue weighted by Gasteiger charge is 2.22. The number of imidazole rings is 1. The highest BCUT2D eigenvalue weighted by atomic mass is 32.1. The van der Waals surface area contributed by atoms with Crippen LogP contribution in [0.2, 0.25) is 0 Å². The second-order valence-corrected chi connectivity index (χ2v) is 3.40. The maximum atomic E-state index is 10.7. The van der Waals surface area contributed by atoms with Crippen LogP contribution in [0.5, 0.6) is 0 Å². The number of aromatic nitrogens is 2. The molecule has 0 saturated carbocycles. The van der Waals surface area contributed by atoms with Crippen LogP contribution in [0.4, 0.5) is 5.82 Å². The van der Waals surface area contributed by atoms with Crippen molar-refractivity contribution in [1.82, 2.24) is 9.38 Å². The molecule has 7 heteroatoms. The Balaban J connectivity index is 2.70. The summed E-state index contributed by atoms with van der Waals surface area (Å²) < 4.78 is 1.39. The van der Waals surface area contributed by atoms with E-state index in [9.17, 15) is 10.1 Å². The lowest BCUT2D eigenvalue weighted by Crippen LogP contribution is -1.96. The van der Waals surface area contributed by atoms with E-state index in [1.165, 1.54) is 15.7 Å². The third-order valence-electron chi connectivity index (χ3n) is 1.73. The highest BCUT2D eigenvalue weighted by Crippen LogP contribution is 2.23. The van der Waals surface area contributed by atoms with Crippen molar-refractivity contribution < 1.29 is 4.92 Å². The average molecular weight is 208 g/mol. The van der Waals surface area contributed by atoms with Crippen molar-refractivity contribution >= 4 is 22.1 Å². The Morgan fingerprint density at radius 1 is 1.79 bits per heavy atom. The summed E-state index contributed by atoms with van der Waals surface area (Å²) >= 11 is 1.30. The summed E-state index contributed by atoms with van der Waals surface area (Å²) in [5, 5.41) is 20.9. The molecule has 14 heavy (non-hydrogen) atoms. The number of nitriles is 1. The van der Waals surface area contributed by atoms with Crippen LogP contribution < -0.4 is 0 Å². The summed E-state index contributed by atoms with van der Waals surface area (Å²) in [6.07, 6.45) is 1.54. The number of fused-ring (bicyclic) bond motifs is 1. The molecule has 2 rings (SSSR count). The first-order chi connectivity index (χ1) is 6.74. The van der Waals surface area contributed by atoms with Gasteiger partial charge in [0.1, 0.15) is 6.20 Å². The van der Waals surface area contributed by atoms with E-state index in [-0.39, 0.29) is 17.9 Å². The van der Waals surface area contributed by atoms with Crippen molar-refractivity contribution in [2.75, 3.05) is 0 Å². The van der Waals surface area contributed by atoms with Crippen LogP contribution in [-0.2, 0) is 6.42 Å². The summed E-state index contributed by atoms with van der Waals surface area (Å²) in [6.45, 7) is 0. The van der Waals surface area contributed by atoms with E-state index in [2.05, 4.69) is 4.98 Å². The molecule has 2 aromatic rings. The molecule has 0 aliphatic heterocycles. The predicted octanol–water partition coefficient (Wildman–Crippen LogP) is 1.37. The van der Waals surface area contributed by atoms with Gasteiger partial charge in [0.15, 0.2) is 5.69 Å². The van der Waals surface area contributed by atoms with Crippen molar-refractivity contribution in [1.29, 1.82) is 5.26 Å². The van der Waals surface area contributed by atoms with Gasteiger partial charge in [0, 0.05) is 5.38 Å². The fourth-order valence-corrected chi connectivity index (χ4v) is 1.93. The van der Waals surface area contributed by atoms with E-state index < -0.39 is 4.92 Å². The second-order valence-electron chi connectivity index (χ2n) is 2.53. The minimum atomic E-state index is -0.514. The zero-order valence-corrected chi connectivity index (χ0v) is 7.69. The predicted molar refractivity (Wildman–Crippen MR) is 49.0 cm³/mol. The largest absolute Gasteiger partial charge is 0.358 e. The molecule has 0 unspecified atom stereocenters. The molecule has 0 spiro atoms. The molecule has 0 amide bonds. The third kappa shape index (κ3) is 1.13. The van der Waals surface area contributed by atoms with E-state index in [0.717, 1.165) is 0 Å². The van der Waals surface area contributed by atoms with Gasteiger partial charge >= 0.3 is 5.82 Å². The second kappa shape index (κ2) is 3.08. The molecule has 2 aromatic heterocycles. The smallest absolute Gasteiger partial charge is 0.352 e. The molecule has 0 bridgehead atoms. The Kier molecular flexibility index (Phi) is 1.90. The van der Waals surface area contributed by atoms with Crippen molar-refractivity contribution in [2.45, 2.75) is 6.42 Å². The van der Waals surface area contributed by atoms with E-state index in [0.29, 0.717) is 4.96 Å². The summed E-state index contributed by atoms with van der Waals surface area (Å²) in [5.74, 6) is -0.109. The van der Waals surface area contributed by atoms with Crippen molar-refractivity contribution in [3.63, 3.8) is 0 Å². The van der Waals surface area contributed by atoms with Gasteiger partial charge in [-0.05, 0) is 4.92 Å². The summed E-state index contributed by atoms with van der Waals surface area (Å²) in [7, 11) is 0. The van der Waals surface area contributed by atoms with E-state index in [4.69, 9.17) is 5.26 Å². The Hall–Kier alpha value is -1.94. The molecule has 70 valence electrons. The van der Waals surface area contributed by atoms with Crippen LogP contribution >= 0.6 is 11.3 Å². The van der Waals surface area contributed by atoms with Gasteiger partial charge in [-0.1, -0.05) is 11.3 Å². The lowest BCUT2D eigenvalue weighted by molar-refractivity contribution is -0.391. The highest BCUT2D eigenvalue weighted by molar-refractivity contribution is 7.15. The van der Waals surface area contributed by atoms with Crippen LogP contribution in [-0.4, -0.2) is 14.3 Å². The molecule has 2 heterocycles. The first-order valence-electron chi connectivity index (χ1n) is 3.70. The number of rotatable bonds is 2. The van der Waals surface area contributed by atoms with E-state index in [1.807, 2.05) is 6.07 Å². The summed E-state index contributed by atoms with van der Waals surface area (Å²) in [4.78, 5) is 14.7. The number of hydrogen-bond acceptors (Lipinski definition) is 5. The van der Waals surface area contributed by atoms with Crippen molar-refractivity contribution in [3.8, 4) is 6.07 Å². The maximum absolute atomic E-state index is 10.7. The van der Waals surface area contributed by atoms with Gasteiger partial charge in [-0.3, -0.25) is 0 Å². The Labute approximate surface area is 82.2 Å². The number of thiazole rings is 1. The lowest BCUT2D eigenvalue weighted by Gasteiger charge is -1.92. The number of nitro groups is 1. The Bertz CT molecular complexity index is 535. The van der Waals surface area contributed by atoms with Crippen LogP contribution in [0.3, 0.4) is 0 Å². The van der Waals surface area contributed by atoms with Gasteiger partial charge in [-0.25, -0.2) is 0 Å². The third-order valence-corrected chi connectivity index (χ3v) is 2.48. The summed E-state index contributed by atoms with van der Waals surface area (Å²) in [5.41, 5.74) is 0.226. The monoisotopic (exact) mass is 208 g/mol. The molecule has 6 nitrogen and oxygen atoms in total. The lowest BCUT2D eigenvalue weighted by atomic mass is 10.3. The molecule has 0 saturated heterocycles. The average Bonchev–Trinajstić information content (AvgIpc) is 2.62. The quantitative estimate of drug-likeness (QED) is 0.551. The maximum Gasteiger partial charge on any atom is 0.352 e. The standard InChI is InChI=1S/C7H4N4O2S/c8-2-1-5-6(11(12)13)10-3-4-14-7(10)9-5/h3-4H,1H2. The molecular weight excluding hydrogens is 204 g/mol. The first-order valence-corrected chi connectivity index (χ1v) is 4.57. The van der Waals surface area contributed by atoms with Crippen molar-refractivity contribution in [3.05, 3.63) is 27.4 Å². The van der Waals surface area contributed by atoms with Gasteiger partial charge in [0.2, 0.25) is 0 Å². The zero-order valence-electron chi connectivity index (χ0n) is 6.88. The molecule has 0 atom stereocenters. The molecular formula is C7H4N4O2S. The van der Waals surface area contributed by atoms with Gasteiger partial charge in [-0.15, -0.1) is 0 Å². The van der Waals surface area contributed by atoms with E-state index in [1.54, 1.807) is 11.6 Å². The first kappa shape index (κ1) is 8.65. The summed E-state index contributed by atoms with van der Waals surface area (Å²) in [6, 6.07) is 1.85. The topological polar surface area (TPSA) is 84.2 Å². The number of nitrogens with zero attached hydrogens (tertiary/aromatic N) is 4. The fourth-order valence-electron chi connectivity index (χ4n) is 1.21. The molecule has 0 radical (unpaired) electrons. The Morgan fingerprint density at radius 3 is 3.21 bits per heavy atom. The molecule has 0 aliphatic carbocycles. The van der Waals surface area contributed by atoms with Crippen LogP contribution in [0.15, 0.2) is 11.6 Å². The van der Waals surface area contributed by atoms with Crippen molar-refractivity contribution in [2.24, 2.45) is 0 Å². The molecule has 0 aliphatic rings. The van der Waals surface area contributed by atoms with Gasteiger partial charge in [0.25, 0.3) is 4.96 Å². The van der Waals surface area contributed by atoms with Crippen LogP contribution in [0.25, 0.3) is 4.96 Å². The molecule has 0 fully saturated rings. The SMILES string of the molecule is N#CCc1nc2sccn2c1[N+](=O)[O-]. The van der Waals surface area contributed by atoms with Crippen LogP contribution in [0, 0.1) is 21.4 Å². The van der Waals surface area contributed by atoms with E-state index >= 15 is 0 Å². The normalized spacial score (nSPS) is 10.2. The minimum absolute atomic E-state index is 0.0370. The van der Waals surface area contributed by atoms with Crippen LogP contribution in [0.1, 0.15) is 5.69 Å². The molecule has 0 N–H and O–H groups in total.